The maximum Gasteiger partial charge on any atom is 0.339 e. The fourth-order valence-electron chi connectivity index (χ4n) is 3.65. The summed E-state index contributed by atoms with van der Waals surface area (Å²) in [5.74, 6) is -1.10. The number of amides is 1. The van der Waals surface area contributed by atoms with Crippen LogP contribution in [0.15, 0.2) is 33.9 Å². The van der Waals surface area contributed by atoms with Gasteiger partial charge in [-0.05, 0) is 50.5 Å². The molecule has 10 heteroatoms. The van der Waals surface area contributed by atoms with Gasteiger partial charge in [0.25, 0.3) is 5.56 Å². The molecule has 1 saturated carbocycles. The number of halogens is 1. The molecule has 1 amide bonds. The molecule has 2 aromatic heterocycles. The lowest BCUT2D eigenvalue weighted by molar-refractivity contribution is -0.116. The van der Waals surface area contributed by atoms with Crippen LogP contribution in [0.5, 0.6) is 0 Å². The summed E-state index contributed by atoms with van der Waals surface area (Å²) in [6.45, 7) is 3.09. The highest BCUT2D eigenvalue weighted by Crippen LogP contribution is 2.40. The molecule has 0 unspecified atom stereocenters. The van der Waals surface area contributed by atoms with Crippen molar-refractivity contribution in [1.29, 1.82) is 0 Å². The topological polar surface area (TPSA) is 112 Å². The molecule has 1 aliphatic carbocycles. The number of pyridine rings is 1. The number of hydrogen-bond acceptors (Lipinski definition) is 6. The number of esters is 1. The van der Waals surface area contributed by atoms with E-state index in [4.69, 9.17) is 16.3 Å². The van der Waals surface area contributed by atoms with E-state index in [1.807, 2.05) is 6.92 Å². The van der Waals surface area contributed by atoms with Crippen molar-refractivity contribution >= 4 is 40.2 Å². The maximum absolute atomic E-state index is 13.3. The predicted octanol–water partition coefficient (Wildman–Crippen LogP) is 2.75. The van der Waals surface area contributed by atoms with Gasteiger partial charge in [0.05, 0.1) is 28.3 Å². The van der Waals surface area contributed by atoms with Crippen molar-refractivity contribution in [3.63, 3.8) is 0 Å². The van der Waals surface area contributed by atoms with Crippen LogP contribution in [0.25, 0.3) is 11.0 Å². The zero-order chi connectivity index (χ0) is 23.9. The van der Waals surface area contributed by atoms with Crippen LogP contribution >= 0.6 is 11.6 Å². The van der Waals surface area contributed by atoms with E-state index in [1.54, 1.807) is 31.2 Å². The van der Waals surface area contributed by atoms with Gasteiger partial charge in [0.1, 0.15) is 12.2 Å². The predicted molar refractivity (Wildman–Crippen MR) is 124 cm³/mol. The van der Waals surface area contributed by atoms with Crippen LogP contribution in [0.1, 0.15) is 47.3 Å². The summed E-state index contributed by atoms with van der Waals surface area (Å²) in [5.41, 5.74) is 0.562. The van der Waals surface area contributed by atoms with Crippen molar-refractivity contribution in [2.75, 3.05) is 11.9 Å². The Bertz CT molecular complexity index is 1400. The zero-order valence-corrected chi connectivity index (χ0v) is 19.2. The monoisotopic (exact) mass is 470 g/mol. The van der Waals surface area contributed by atoms with Gasteiger partial charge in [0, 0.05) is 18.7 Å². The Morgan fingerprint density at radius 3 is 2.61 bits per heavy atom. The van der Waals surface area contributed by atoms with Crippen LogP contribution < -0.4 is 16.6 Å². The van der Waals surface area contributed by atoms with Gasteiger partial charge in [-0.1, -0.05) is 17.7 Å². The van der Waals surface area contributed by atoms with Gasteiger partial charge in [-0.25, -0.2) is 14.6 Å². The van der Waals surface area contributed by atoms with Gasteiger partial charge >= 0.3 is 11.7 Å². The molecule has 1 N–H and O–H groups in total. The Morgan fingerprint density at radius 2 is 1.97 bits per heavy atom. The second-order valence-electron chi connectivity index (χ2n) is 8.05. The van der Waals surface area contributed by atoms with Gasteiger partial charge in [0.15, 0.2) is 0 Å². The largest absolute Gasteiger partial charge is 0.462 e. The maximum atomic E-state index is 13.3. The second-order valence-corrected chi connectivity index (χ2v) is 8.46. The summed E-state index contributed by atoms with van der Waals surface area (Å²) in [6, 6.07) is 6.66. The molecule has 0 atom stereocenters. The van der Waals surface area contributed by atoms with E-state index in [1.165, 1.54) is 11.6 Å². The molecular formula is C23H23ClN4O5. The molecule has 3 aromatic rings. The van der Waals surface area contributed by atoms with Gasteiger partial charge in [0.2, 0.25) is 5.91 Å². The average Bonchev–Trinajstić information content (AvgIpc) is 3.62. The highest BCUT2D eigenvalue weighted by Gasteiger charge is 2.29. The number of ether oxygens (including phenoxy) is 1. The third-order valence-electron chi connectivity index (χ3n) is 5.51. The molecule has 1 fully saturated rings. The first-order chi connectivity index (χ1) is 15.7. The van der Waals surface area contributed by atoms with Crippen LogP contribution in [0.3, 0.4) is 0 Å². The second kappa shape index (κ2) is 8.82. The molecule has 2 heterocycles. The molecule has 172 valence electrons. The summed E-state index contributed by atoms with van der Waals surface area (Å²) < 4.78 is 7.10. The summed E-state index contributed by atoms with van der Waals surface area (Å²) in [6.07, 6.45) is 1.85. The number of nitrogens with one attached hydrogen (secondary N) is 1. The van der Waals surface area contributed by atoms with Crippen LogP contribution in [0.4, 0.5) is 5.69 Å². The lowest BCUT2D eigenvalue weighted by Crippen LogP contribution is -2.42. The SMILES string of the molecule is CCOC(=O)c1cc(C2CC2)nc2c1c(=O)n(CC(=O)Nc1ccc(C)cc1Cl)c(=O)n2C. The normalized spacial score (nSPS) is 13.2. The van der Waals surface area contributed by atoms with Crippen molar-refractivity contribution in [2.24, 2.45) is 7.05 Å². The Hall–Kier alpha value is -3.46. The van der Waals surface area contributed by atoms with E-state index >= 15 is 0 Å². The van der Waals surface area contributed by atoms with Crippen molar-refractivity contribution in [2.45, 2.75) is 39.2 Å². The van der Waals surface area contributed by atoms with Crippen LogP contribution in [-0.2, 0) is 23.1 Å². The lowest BCUT2D eigenvalue weighted by Gasteiger charge is -2.14. The first-order valence-electron chi connectivity index (χ1n) is 10.6. The molecule has 0 aliphatic heterocycles. The van der Waals surface area contributed by atoms with E-state index < -0.39 is 29.7 Å². The summed E-state index contributed by atoms with van der Waals surface area (Å²) >= 11 is 6.16. The highest BCUT2D eigenvalue weighted by molar-refractivity contribution is 6.33. The summed E-state index contributed by atoms with van der Waals surface area (Å²) in [5, 5.41) is 2.89. The number of rotatable bonds is 6. The lowest BCUT2D eigenvalue weighted by atomic mass is 10.1. The fraction of sp³-hybridized carbons (Fsp3) is 0.348. The molecule has 0 bridgehead atoms. The first-order valence-corrected chi connectivity index (χ1v) is 11.0. The number of aryl methyl sites for hydroxylation is 2. The van der Waals surface area contributed by atoms with E-state index in [9.17, 15) is 19.2 Å². The van der Waals surface area contributed by atoms with Crippen LogP contribution in [-0.4, -0.2) is 32.6 Å². The van der Waals surface area contributed by atoms with Gasteiger partial charge in [-0.15, -0.1) is 0 Å². The molecule has 0 radical (unpaired) electrons. The van der Waals surface area contributed by atoms with Crippen molar-refractivity contribution < 1.29 is 14.3 Å². The van der Waals surface area contributed by atoms with Crippen molar-refractivity contribution in [1.82, 2.24) is 14.1 Å². The van der Waals surface area contributed by atoms with Crippen molar-refractivity contribution in [3.05, 3.63) is 66.9 Å². The minimum atomic E-state index is -0.781. The molecule has 1 aromatic carbocycles. The molecule has 33 heavy (non-hydrogen) atoms. The molecule has 1 aliphatic rings. The van der Waals surface area contributed by atoms with Crippen molar-refractivity contribution in [3.8, 4) is 0 Å². The van der Waals surface area contributed by atoms with E-state index in [0.717, 1.165) is 23.0 Å². The number of fused-ring (bicyclic) bond motifs is 1. The summed E-state index contributed by atoms with van der Waals surface area (Å²) in [4.78, 5) is 56.1. The Morgan fingerprint density at radius 1 is 1.24 bits per heavy atom. The van der Waals surface area contributed by atoms with Crippen LogP contribution in [0, 0.1) is 6.92 Å². The van der Waals surface area contributed by atoms with E-state index in [2.05, 4.69) is 10.3 Å². The van der Waals surface area contributed by atoms with Crippen LogP contribution in [0.2, 0.25) is 5.02 Å². The molecule has 0 saturated heterocycles. The molecule has 4 rings (SSSR count). The van der Waals surface area contributed by atoms with Gasteiger partial charge in [-0.2, -0.15) is 0 Å². The number of carbonyl (C=O) groups excluding carboxylic acids is 2. The number of anilines is 1. The summed E-state index contributed by atoms with van der Waals surface area (Å²) in [7, 11) is 1.45. The van der Waals surface area contributed by atoms with E-state index in [-0.39, 0.29) is 29.1 Å². The highest BCUT2D eigenvalue weighted by atomic mass is 35.5. The molecule has 9 nitrogen and oxygen atoms in total. The van der Waals surface area contributed by atoms with E-state index in [0.29, 0.717) is 16.4 Å². The number of nitrogens with zero attached hydrogens (tertiary/aromatic N) is 3. The quantitative estimate of drug-likeness (QED) is 0.554. The zero-order valence-electron chi connectivity index (χ0n) is 18.5. The number of aromatic nitrogens is 3. The Balaban J connectivity index is 1.80. The smallest absolute Gasteiger partial charge is 0.339 e. The molecule has 0 spiro atoms. The Kier molecular flexibility index (Phi) is 6.07. The third kappa shape index (κ3) is 4.41. The number of benzene rings is 1. The van der Waals surface area contributed by atoms with Gasteiger partial charge in [-0.3, -0.25) is 18.7 Å². The average molecular weight is 471 g/mol. The minimum absolute atomic E-state index is 0.0417. The van der Waals surface area contributed by atoms with Gasteiger partial charge < -0.3 is 10.1 Å². The Labute approximate surface area is 194 Å². The minimum Gasteiger partial charge on any atom is -0.462 e. The number of carbonyl (C=O) groups is 2. The molecular weight excluding hydrogens is 448 g/mol. The standard InChI is InChI=1S/C23H23ClN4O5/c1-4-33-22(31)14-10-17(13-6-7-13)26-20-19(14)21(30)28(23(32)27(20)3)11-18(29)25-16-8-5-12(2)9-15(16)24/h5,8-10,13H,4,6-7,11H2,1-3H3,(H,25,29). The first kappa shape index (κ1) is 22.7. The third-order valence-corrected chi connectivity index (χ3v) is 5.82. The fourth-order valence-corrected chi connectivity index (χ4v) is 3.93. The number of hydrogen-bond donors (Lipinski definition) is 1.